The number of hydrogen-bond donors (Lipinski definition) is 1. The van der Waals surface area contributed by atoms with Gasteiger partial charge in [0.25, 0.3) is 5.91 Å². The van der Waals surface area contributed by atoms with E-state index < -0.39 is 29.3 Å². The van der Waals surface area contributed by atoms with Gasteiger partial charge in [0, 0.05) is 55.2 Å². The molecular weight excluding hydrogens is 595 g/mol. The number of fused-ring (bicyclic) bond motifs is 1. The lowest BCUT2D eigenvalue weighted by molar-refractivity contribution is -0.138. The van der Waals surface area contributed by atoms with E-state index in [9.17, 15) is 22.8 Å². The van der Waals surface area contributed by atoms with Gasteiger partial charge in [0.2, 0.25) is 0 Å². The first-order valence-electron chi connectivity index (χ1n) is 15.0. The number of ether oxygens (including phenoxy) is 1. The molecule has 3 heterocycles. The van der Waals surface area contributed by atoms with Crippen molar-refractivity contribution in [2.24, 2.45) is 0 Å². The SMILES string of the molecule is Cc1ccc(C(=O)Nc2ccc(CN3CCN(C(=O)OC(C)(C)C)C(C)C3)c(C(F)(F)F)c2)cc1C#Cc1cnc2ccccn12. The Bertz CT molecular complexity index is 1830. The first-order chi connectivity index (χ1) is 21.7. The number of rotatable bonds is 4. The second-order valence-corrected chi connectivity index (χ2v) is 12.4. The fourth-order valence-corrected chi connectivity index (χ4v) is 5.32. The van der Waals surface area contributed by atoms with Crippen LogP contribution in [0.4, 0.5) is 23.7 Å². The number of imidazole rings is 1. The van der Waals surface area contributed by atoms with Crippen LogP contribution in [0.3, 0.4) is 0 Å². The molecule has 2 aromatic carbocycles. The number of benzene rings is 2. The Morgan fingerprint density at radius 3 is 2.54 bits per heavy atom. The topological polar surface area (TPSA) is 79.2 Å². The number of anilines is 1. The van der Waals surface area contributed by atoms with Gasteiger partial charge in [-0.15, -0.1) is 0 Å². The van der Waals surface area contributed by atoms with E-state index in [1.807, 2.05) is 47.5 Å². The summed E-state index contributed by atoms with van der Waals surface area (Å²) in [4.78, 5) is 33.5. The molecule has 2 amide bonds. The Morgan fingerprint density at radius 1 is 1.04 bits per heavy atom. The molecule has 0 saturated carbocycles. The minimum atomic E-state index is -4.63. The van der Waals surface area contributed by atoms with E-state index in [0.29, 0.717) is 30.9 Å². The molecule has 1 unspecified atom stereocenters. The number of halogens is 3. The molecule has 0 aliphatic carbocycles. The second-order valence-electron chi connectivity index (χ2n) is 12.4. The van der Waals surface area contributed by atoms with Crippen LogP contribution in [0.2, 0.25) is 0 Å². The van der Waals surface area contributed by atoms with E-state index in [1.165, 1.54) is 12.1 Å². The number of piperazine rings is 1. The summed E-state index contributed by atoms with van der Waals surface area (Å²) in [7, 11) is 0. The van der Waals surface area contributed by atoms with E-state index in [2.05, 4.69) is 22.1 Å². The molecule has 0 spiro atoms. The van der Waals surface area contributed by atoms with Gasteiger partial charge in [-0.25, -0.2) is 9.78 Å². The minimum absolute atomic E-state index is 0.0307. The summed E-state index contributed by atoms with van der Waals surface area (Å²) in [5.74, 6) is 5.63. The smallest absolute Gasteiger partial charge is 0.416 e. The summed E-state index contributed by atoms with van der Waals surface area (Å²) < 4.78 is 50.0. The zero-order chi connectivity index (χ0) is 33.2. The molecule has 2 aromatic heterocycles. The average molecular weight is 632 g/mol. The predicted octanol–water partition coefficient (Wildman–Crippen LogP) is 6.75. The number of aryl methyl sites for hydroxylation is 1. The molecule has 4 aromatic rings. The largest absolute Gasteiger partial charge is 0.444 e. The Labute approximate surface area is 266 Å². The van der Waals surface area contributed by atoms with Gasteiger partial charge < -0.3 is 15.0 Å². The maximum atomic E-state index is 14.2. The molecule has 240 valence electrons. The lowest BCUT2D eigenvalue weighted by Crippen LogP contribution is -2.54. The van der Waals surface area contributed by atoms with E-state index in [1.54, 1.807) is 50.1 Å². The first kappa shape index (κ1) is 32.6. The maximum absolute atomic E-state index is 14.2. The molecule has 11 heteroatoms. The number of carbonyl (C=O) groups excluding carboxylic acids is 2. The molecule has 0 bridgehead atoms. The molecule has 0 radical (unpaired) electrons. The van der Waals surface area contributed by atoms with Crippen LogP contribution < -0.4 is 5.32 Å². The minimum Gasteiger partial charge on any atom is -0.444 e. The third-order valence-electron chi connectivity index (χ3n) is 7.65. The van der Waals surface area contributed by atoms with Crippen molar-refractivity contribution >= 4 is 23.3 Å². The fourth-order valence-electron chi connectivity index (χ4n) is 5.32. The van der Waals surface area contributed by atoms with Crippen LogP contribution in [-0.2, 0) is 17.5 Å². The van der Waals surface area contributed by atoms with Crippen molar-refractivity contribution in [2.75, 3.05) is 25.0 Å². The molecule has 1 atom stereocenters. The number of hydrogen-bond acceptors (Lipinski definition) is 5. The lowest BCUT2D eigenvalue weighted by atomic mass is 10.0. The third kappa shape index (κ3) is 7.69. The average Bonchev–Trinajstić information content (AvgIpc) is 3.39. The highest BCUT2D eigenvalue weighted by Gasteiger charge is 2.36. The van der Waals surface area contributed by atoms with Crippen molar-refractivity contribution in [1.29, 1.82) is 0 Å². The van der Waals surface area contributed by atoms with Gasteiger partial charge in [-0.05, 0) is 88.1 Å². The quantitative estimate of drug-likeness (QED) is 0.252. The van der Waals surface area contributed by atoms with Gasteiger partial charge in [-0.3, -0.25) is 14.1 Å². The molecule has 46 heavy (non-hydrogen) atoms. The van der Waals surface area contributed by atoms with Crippen molar-refractivity contribution in [2.45, 2.75) is 59.0 Å². The number of aromatic nitrogens is 2. The monoisotopic (exact) mass is 631 g/mol. The molecule has 1 fully saturated rings. The lowest BCUT2D eigenvalue weighted by Gasteiger charge is -2.40. The van der Waals surface area contributed by atoms with Crippen molar-refractivity contribution in [1.82, 2.24) is 19.2 Å². The standard InChI is InChI=1S/C35H36F3N5O3/c1-23-9-10-26(18-25(23)12-14-29-20-39-31-8-6-7-15-43(29)31)32(44)40-28-13-11-27(30(19-28)35(36,37)38)22-41-16-17-42(24(2)21-41)33(45)46-34(3,4)5/h6-11,13,15,18-20,24H,16-17,21-22H2,1-5H3,(H,40,44). The molecule has 1 aliphatic heterocycles. The van der Waals surface area contributed by atoms with Crippen molar-refractivity contribution in [3.05, 3.63) is 101 Å². The fraction of sp³-hybridized carbons (Fsp3) is 0.343. The van der Waals surface area contributed by atoms with Gasteiger partial charge in [-0.2, -0.15) is 13.2 Å². The van der Waals surface area contributed by atoms with Crippen LogP contribution in [0.1, 0.15) is 66.0 Å². The summed E-state index contributed by atoms with van der Waals surface area (Å²) >= 11 is 0. The van der Waals surface area contributed by atoms with Crippen LogP contribution in [0, 0.1) is 18.8 Å². The molecule has 1 saturated heterocycles. The van der Waals surface area contributed by atoms with Gasteiger partial charge >= 0.3 is 12.3 Å². The summed E-state index contributed by atoms with van der Waals surface area (Å²) in [6.07, 6.45) is -1.54. The van der Waals surface area contributed by atoms with E-state index in [0.717, 1.165) is 17.3 Å². The number of nitrogens with one attached hydrogen (secondary N) is 1. The van der Waals surface area contributed by atoms with Crippen LogP contribution in [0.25, 0.3) is 5.65 Å². The third-order valence-corrected chi connectivity index (χ3v) is 7.65. The van der Waals surface area contributed by atoms with E-state index >= 15 is 0 Å². The second kappa shape index (κ2) is 12.9. The number of nitrogens with zero attached hydrogens (tertiary/aromatic N) is 4. The molecule has 1 aliphatic rings. The number of alkyl halides is 3. The van der Waals surface area contributed by atoms with Gasteiger partial charge in [0.05, 0.1) is 11.8 Å². The van der Waals surface area contributed by atoms with E-state index in [-0.39, 0.29) is 29.4 Å². The normalized spacial score (nSPS) is 15.7. The van der Waals surface area contributed by atoms with Gasteiger partial charge in [0.15, 0.2) is 0 Å². The van der Waals surface area contributed by atoms with Crippen molar-refractivity contribution in [3.63, 3.8) is 0 Å². The van der Waals surface area contributed by atoms with Crippen LogP contribution >= 0.6 is 0 Å². The summed E-state index contributed by atoms with van der Waals surface area (Å²) in [5, 5.41) is 2.61. The molecule has 8 nitrogen and oxygen atoms in total. The summed E-state index contributed by atoms with van der Waals surface area (Å²) in [5.41, 5.74) is 1.83. The Kier molecular flexibility index (Phi) is 9.13. The molecule has 5 rings (SSSR count). The highest BCUT2D eigenvalue weighted by molar-refractivity contribution is 6.04. The molecular formula is C35H36F3N5O3. The molecule has 1 N–H and O–H groups in total. The number of amides is 2. The first-order valence-corrected chi connectivity index (χ1v) is 15.0. The van der Waals surface area contributed by atoms with Crippen LogP contribution in [0.5, 0.6) is 0 Å². The Hall–Kier alpha value is -4.82. The maximum Gasteiger partial charge on any atom is 0.416 e. The Morgan fingerprint density at radius 2 is 1.83 bits per heavy atom. The summed E-state index contributed by atoms with van der Waals surface area (Å²) in [6.45, 7) is 10.3. The Balaban J connectivity index is 1.29. The van der Waals surface area contributed by atoms with Crippen molar-refractivity contribution in [3.8, 4) is 11.8 Å². The summed E-state index contributed by atoms with van der Waals surface area (Å²) in [6, 6.07) is 14.2. The van der Waals surface area contributed by atoms with Crippen LogP contribution in [0.15, 0.2) is 67.0 Å². The zero-order valence-corrected chi connectivity index (χ0v) is 26.4. The highest BCUT2D eigenvalue weighted by Crippen LogP contribution is 2.35. The predicted molar refractivity (Wildman–Crippen MR) is 169 cm³/mol. The number of carbonyl (C=O) groups is 2. The number of pyridine rings is 1. The van der Waals surface area contributed by atoms with Gasteiger partial charge in [-0.1, -0.05) is 24.1 Å². The van der Waals surface area contributed by atoms with Gasteiger partial charge in [0.1, 0.15) is 16.9 Å². The van der Waals surface area contributed by atoms with Crippen LogP contribution in [-0.4, -0.2) is 62.5 Å². The van der Waals surface area contributed by atoms with Crippen molar-refractivity contribution < 1.29 is 27.5 Å². The zero-order valence-electron chi connectivity index (χ0n) is 26.4. The van der Waals surface area contributed by atoms with E-state index in [4.69, 9.17) is 4.74 Å². The highest BCUT2D eigenvalue weighted by atomic mass is 19.4.